The molecule has 1 aromatic carbocycles. The van der Waals surface area contributed by atoms with Crippen LogP contribution in [-0.4, -0.2) is 32.7 Å². The summed E-state index contributed by atoms with van der Waals surface area (Å²) in [6.07, 6.45) is 6.78. The van der Waals surface area contributed by atoms with Gasteiger partial charge in [-0.3, -0.25) is 4.79 Å². The number of nitrogens with one attached hydrogen (secondary N) is 1. The van der Waals surface area contributed by atoms with Crippen molar-refractivity contribution in [3.8, 4) is 22.6 Å². The minimum atomic E-state index is -0.427. The van der Waals surface area contributed by atoms with Crippen molar-refractivity contribution in [3.63, 3.8) is 0 Å². The van der Waals surface area contributed by atoms with E-state index in [1.165, 1.54) is 30.6 Å². The number of rotatable bonds is 7. The molecule has 6 rings (SSSR count). The highest BCUT2D eigenvalue weighted by atomic mass is 32.1. The van der Waals surface area contributed by atoms with E-state index in [1.807, 2.05) is 23.6 Å². The quantitative estimate of drug-likeness (QED) is 0.522. The lowest BCUT2D eigenvalue weighted by Crippen LogP contribution is -2.51. The molecule has 1 heterocycles. The van der Waals surface area contributed by atoms with E-state index in [4.69, 9.17) is 14.2 Å². The van der Waals surface area contributed by atoms with Gasteiger partial charge < -0.3 is 19.5 Å². The van der Waals surface area contributed by atoms with Crippen molar-refractivity contribution in [2.45, 2.75) is 45.4 Å². The van der Waals surface area contributed by atoms with Crippen molar-refractivity contribution >= 4 is 28.2 Å². The molecule has 0 aliphatic heterocycles. The van der Waals surface area contributed by atoms with Crippen LogP contribution < -0.4 is 14.8 Å². The summed E-state index contributed by atoms with van der Waals surface area (Å²) in [5.74, 6) is 2.88. The van der Waals surface area contributed by atoms with Gasteiger partial charge in [-0.1, -0.05) is 6.07 Å². The predicted molar refractivity (Wildman–Crippen MR) is 128 cm³/mol. The molecule has 0 atom stereocenters. The van der Waals surface area contributed by atoms with Crippen molar-refractivity contribution in [1.29, 1.82) is 0 Å². The van der Waals surface area contributed by atoms with Gasteiger partial charge >= 0.3 is 5.97 Å². The summed E-state index contributed by atoms with van der Waals surface area (Å²) in [6, 6.07) is 5.54. The van der Waals surface area contributed by atoms with Gasteiger partial charge in [-0.05, 0) is 80.9 Å². The number of amides is 1. The van der Waals surface area contributed by atoms with Crippen LogP contribution in [0.4, 0.5) is 5.00 Å². The van der Waals surface area contributed by atoms with E-state index >= 15 is 0 Å². The molecule has 4 bridgehead atoms. The molecule has 0 unspecified atom stereocenters. The first-order valence-electron chi connectivity index (χ1n) is 11.8. The first kappa shape index (κ1) is 22.3. The molecular weight excluding hydrogens is 438 g/mol. The first-order chi connectivity index (χ1) is 16.0. The Labute approximate surface area is 198 Å². The second kappa shape index (κ2) is 8.67. The minimum absolute atomic E-state index is 0.0767. The summed E-state index contributed by atoms with van der Waals surface area (Å²) in [7, 11) is 3.17. The number of hydrogen-bond donors (Lipinski definition) is 1. The van der Waals surface area contributed by atoms with Crippen LogP contribution in [0.1, 0.15) is 55.8 Å². The Kier molecular flexibility index (Phi) is 5.85. The van der Waals surface area contributed by atoms with Gasteiger partial charge in [-0.2, -0.15) is 0 Å². The molecule has 7 heteroatoms. The summed E-state index contributed by atoms with van der Waals surface area (Å²) in [5, 5.41) is 5.65. The fraction of sp³-hybridized carbons (Fsp3) is 0.538. The fourth-order valence-corrected chi connectivity index (χ4v) is 7.65. The minimum Gasteiger partial charge on any atom is -0.493 e. The van der Waals surface area contributed by atoms with Crippen molar-refractivity contribution in [2.75, 3.05) is 26.1 Å². The Bertz CT molecular complexity index is 1040. The van der Waals surface area contributed by atoms with Gasteiger partial charge in [0, 0.05) is 10.9 Å². The highest BCUT2D eigenvalue weighted by molar-refractivity contribution is 7.15. The smallest absolute Gasteiger partial charge is 0.341 e. The number of benzene rings is 1. The van der Waals surface area contributed by atoms with E-state index in [0.29, 0.717) is 39.8 Å². The Hall–Kier alpha value is -2.54. The lowest BCUT2D eigenvalue weighted by molar-refractivity contribution is -0.140. The Morgan fingerprint density at radius 1 is 1.03 bits per heavy atom. The van der Waals surface area contributed by atoms with Crippen molar-refractivity contribution in [1.82, 2.24) is 0 Å². The van der Waals surface area contributed by atoms with Gasteiger partial charge in [-0.25, -0.2) is 4.79 Å². The second-order valence-electron chi connectivity index (χ2n) is 9.80. The first-order valence-corrected chi connectivity index (χ1v) is 12.7. The van der Waals surface area contributed by atoms with Gasteiger partial charge in [0.2, 0.25) is 5.91 Å². The molecule has 4 saturated carbocycles. The number of carbonyl (C=O) groups is 2. The van der Waals surface area contributed by atoms with Crippen LogP contribution in [0.2, 0.25) is 0 Å². The Morgan fingerprint density at radius 3 is 2.24 bits per heavy atom. The molecule has 6 nitrogen and oxygen atoms in total. The lowest BCUT2D eigenvalue weighted by atomic mass is 9.49. The van der Waals surface area contributed by atoms with Gasteiger partial charge in [0.05, 0.1) is 26.2 Å². The maximum Gasteiger partial charge on any atom is 0.341 e. The summed E-state index contributed by atoms with van der Waals surface area (Å²) < 4.78 is 16.2. The van der Waals surface area contributed by atoms with Gasteiger partial charge in [0.15, 0.2) is 11.5 Å². The largest absolute Gasteiger partial charge is 0.493 e. The number of esters is 1. The number of ether oxygens (including phenoxy) is 3. The van der Waals surface area contributed by atoms with E-state index in [-0.39, 0.29) is 17.9 Å². The zero-order valence-corrected chi connectivity index (χ0v) is 20.3. The summed E-state index contributed by atoms with van der Waals surface area (Å²) >= 11 is 1.38. The van der Waals surface area contributed by atoms with Crippen LogP contribution in [0.15, 0.2) is 23.6 Å². The van der Waals surface area contributed by atoms with E-state index in [9.17, 15) is 9.59 Å². The van der Waals surface area contributed by atoms with E-state index in [0.717, 1.165) is 30.4 Å². The summed E-state index contributed by atoms with van der Waals surface area (Å²) in [5.41, 5.74) is 1.66. The van der Waals surface area contributed by atoms with Crippen LogP contribution in [0.5, 0.6) is 11.5 Å². The molecule has 176 valence electrons. The number of hydrogen-bond acceptors (Lipinski definition) is 6. The van der Waals surface area contributed by atoms with Crippen molar-refractivity contribution in [2.24, 2.45) is 23.2 Å². The standard InChI is InChI=1S/C26H31NO5S/c1-4-32-24(28)22-19(18-5-6-20(30-2)21(10-18)31-3)14-33-23(22)27-25(29)26-11-15-7-16(12-26)9-17(8-15)13-26/h5-6,10,14-17H,4,7-9,11-13H2,1-3H3,(H,27,29). The number of anilines is 1. The molecule has 0 saturated heterocycles. The third-order valence-electron chi connectivity index (χ3n) is 7.71. The van der Waals surface area contributed by atoms with E-state index in [1.54, 1.807) is 21.1 Å². The molecule has 4 aliphatic carbocycles. The number of carbonyl (C=O) groups excluding carboxylic acids is 2. The van der Waals surface area contributed by atoms with Gasteiger partial charge in [-0.15, -0.1) is 11.3 Å². The highest BCUT2D eigenvalue weighted by Crippen LogP contribution is 2.60. The molecule has 0 spiro atoms. The molecule has 33 heavy (non-hydrogen) atoms. The molecule has 1 amide bonds. The van der Waals surface area contributed by atoms with Crippen molar-refractivity contribution in [3.05, 3.63) is 29.1 Å². The average molecular weight is 470 g/mol. The highest BCUT2D eigenvalue weighted by Gasteiger charge is 2.54. The fourth-order valence-electron chi connectivity index (χ4n) is 6.70. The molecule has 1 aromatic heterocycles. The third kappa shape index (κ3) is 3.90. The maximum atomic E-state index is 13.6. The zero-order chi connectivity index (χ0) is 23.2. The van der Waals surface area contributed by atoms with E-state index < -0.39 is 5.97 Å². The topological polar surface area (TPSA) is 73.9 Å². The SMILES string of the molecule is CCOC(=O)c1c(-c2ccc(OC)c(OC)c2)csc1NC(=O)C12CC3CC(CC(C3)C1)C2. The maximum absolute atomic E-state index is 13.6. The Balaban J connectivity index is 1.48. The van der Waals surface area contributed by atoms with Crippen LogP contribution >= 0.6 is 11.3 Å². The number of thiophene rings is 1. The summed E-state index contributed by atoms with van der Waals surface area (Å²) in [6.45, 7) is 2.05. The monoisotopic (exact) mass is 469 g/mol. The molecule has 2 aromatic rings. The Morgan fingerprint density at radius 2 is 1.67 bits per heavy atom. The van der Waals surface area contributed by atoms with Crippen LogP contribution in [0.3, 0.4) is 0 Å². The van der Waals surface area contributed by atoms with Crippen LogP contribution in [-0.2, 0) is 9.53 Å². The van der Waals surface area contributed by atoms with Crippen molar-refractivity contribution < 1.29 is 23.8 Å². The third-order valence-corrected chi connectivity index (χ3v) is 8.61. The van der Waals surface area contributed by atoms with Gasteiger partial charge in [0.1, 0.15) is 10.6 Å². The summed E-state index contributed by atoms with van der Waals surface area (Å²) in [4.78, 5) is 26.6. The molecule has 4 fully saturated rings. The van der Waals surface area contributed by atoms with Crippen LogP contribution in [0, 0.1) is 23.2 Å². The van der Waals surface area contributed by atoms with Crippen LogP contribution in [0.25, 0.3) is 11.1 Å². The predicted octanol–water partition coefficient (Wildman–Crippen LogP) is 5.76. The normalized spacial score (nSPS) is 27.3. The number of methoxy groups -OCH3 is 2. The van der Waals surface area contributed by atoms with E-state index in [2.05, 4.69) is 5.32 Å². The molecule has 0 radical (unpaired) electrons. The molecule has 1 N–H and O–H groups in total. The zero-order valence-electron chi connectivity index (χ0n) is 19.4. The van der Waals surface area contributed by atoms with Gasteiger partial charge in [0.25, 0.3) is 0 Å². The second-order valence-corrected chi connectivity index (χ2v) is 10.7. The molecular formula is C26H31NO5S. The molecule has 4 aliphatic rings. The average Bonchev–Trinajstić information content (AvgIpc) is 3.21. The lowest BCUT2D eigenvalue weighted by Gasteiger charge is -2.55.